The van der Waals surface area contributed by atoms with Crippen LogP contribution in [0.4, 0.5) is 9.59 Å². The van der Waals surface area contributed by atoms with E-state index in [1.807, 2.05) is 39.8 Å². The molecule has 2 aliphatic rings. The minimum atomic E-state index is -1.26. The predicted octanol–water partition coefficient (Wildman–Crippen LogP) is 5.06. The smallest absolute Gasteiger partial charge is 0.407 e. The molecule has 3 aromatic heterocycles. The lowest BCUT2D eigenvalue weighted by molar-refractivity contribution is -0.136. The largest absolute Gasteiger partial charge is 0.483 e. The van der Waals surface area contributed by atoms with Gasteiger partial charge in [0.05, 0.1) is 62.1 Å². The summed E-state index contributed by atoms with van der Waals surface area (Å²) in [5, 5.41) is 25.2. The summed E-state index contributed by atoms with van der Waals surface area (Å²) in [5.41, 5.74) is 2.95. The molecule has 19 heteroatoms. The molecule has 0 aliphatic carbocycles. The van der Waals surface area contributed by atoms with Crippen molar-refractivity contribution in [3.8, 4) is 39.6 Å². The SMILES string of the molecule is COC(=O)N[C@H](C(=O)N1CCC[C@H]1c1ncc(-c2ccc(-c3oc4ccc(-c5cnc([C@@H]6CCCN6C(=O)[C@@H](NC(=O)OC)C(C)C)[nH]5)cc4c(=O)c3OCC(O)CO)cc2)[nH]1)C(C)C. The lowest BCUT2D eigenvalue weighted by atomic mass is 10.0. The summed E-state index contributed by atoms with van der Waals surface area (Å²) >= 11 is 0. The van der Waals surface area contributed by atoms with Crippen LogP contribution in [0, 0.1) is 11.8 Å². The summed E-state index contributed by atoms with van der Waals surface area (Å²) < 4.78 is 21.8. The van der Waals surface area contributed by atoms with Crippen molar-refractivity contribution in [3.05, 3.63) is 76.7 Å². The van der Waals surface area contributed by atoms with Crippen LogP contribution >= 0.6 is 0 Å². The van der Waals surface area contributed by atoms with Gasteiger partial charge in [-0.05, 0) is 61.3 Å². The van der Waals surface area contributed by atoms with Crippen molar-refractivity contribution in [1.82, 2.24) is 40.4 Å². The van der Waals surface area contributed by atoms with Gasteiger partial charge in [0.1, 0.15) is 42.0 Å². The third-order valence-electron chi connectivity index (χ3n) is 11.9. The second-order valence-corrected chi connectivity index (χ2v) is 17.0. The van der Waals surface area contributed by atoms with Gasteiger partial charge in [0.25, 0.3) is 0 Å². The van der Waals surface area contributed by atoms with Gasteiger partial charge in [-0.1, -0.05) is 52.0 Å². The second kappa shape index (κ2) is 20.0. The number of fused-ring (bicyclic) bond motifs is 1. The van der Waals surface area contributed by atoms with Crippen LogP contribution < -0.4 is 20.8 Å². The minimum Gasteiger partial charge on any atom is -0.483 e. The van der Waals surface area contributed by atoms with Gasteiger partial charge in [-0.25, -0.2) is 19.6 Å². The number of nitrogens with one attached hydrogen (secondary N) is 4. The number of nitrogens with zero attached hydrogens (tertiary/aromatic N) is 4. The molecule has 5 heterocycles. The van der Waals surface area contributed by atoms with E-state index in [-0.39, 0.29) is 64.8 Å². The van der Waals surface area contributed by atoms with Gasteiger partial charge < -0.3 is 59.2 Å². The minimum absolute atomic E-state index is 0.119. The average molecular weight is 897 g/mol. The summed E-state index contributed by atoms with van der Waals surface area (Å²) in [6, 6.07) is 10.1. The van der Waals surface area contributed by atoms with Gasteiger partial charge in [0.2, 0.25) is 23.0 Å². The van der Waals surface area contributed by atoms with Crippen molar-refractivity contribution in [2.24, 2.45) is 11.8 Å². The number of methoxy groups -OCH3 is 2. The highest BCUT2D eigenvalue weighted by Gasteiger charge is 2.39. The van der Waals surface area contributed by atoms with Crippen LogP contribution in [0.1, 0.15) is 77.1 Å². The number of carbonyl (C=O) groups excluding carboxylic acids is 4. The zero-order valence-corrected chi connectivity index (χ0v) is 37.3. The number of imidazole rings is 2. The Labute approximate surface area is 374 Å². The third-order valence-corrected chi connectivity index (χ3v) is 11.9. The molecule has 19 nitrogen and oxygen atoms in total. The first kappa shape index (κ1) is 46.3. The topological polar surface area (TPSA) is 255 Å². The lowest BCUT2D eigenvalue weighted by Crippen LogP contribution is -2.51. The molecule has 0 bridgehead atoms. The zero-order chi connectivity index (χ0) is 46.5. The normalized spacial score (nSPS) is 17.6. The van der Waals surface area contributed by atoms with Crippen LogP contribution in [-0.4, -0.2) is 123 Å². The second-order valence-electron chi connectivity index (χ2n) is 17.0. The molecule has 7 rings (SSSR count). The van der Waals surface area contributed by atoms with E-state index in [9.17, 15) is 34.2 Å². The van der Waals surface area contributed by atoms with Gasteiger partial charge in [0, 0.05) is 24.2 Å². The number of carbonyl (C=O) groups is 4. The molecule has 0 saturated carbocycles. The van der Waals surface area contributed by atoms with E-state index in [0.717, 1.165) is 18.4 Å². The maximum atomic E-state index is 14.3. The highest BCUT2D eigenvalue weighted by atomic mass is 16.5. The van der Waals surface area contributed by atoms with E-state index < -0.39 is 42.4 Å². The van der Waals surface area contributed by atoms with Crippen molar-refractivity contribution in [2.75, 3.05) is 40.5 Å². The molecule has 0 radical (unpaired) electrons. The van der Waals surface area contributed by atoms with E-state index in [2.05, 4.69) is 30.6 Å². The molecule has 2 fully saturated rings. The fourth-order valence-corrected chi connectivity index (χ4v) is 8.39. The van der Waals surface area contributed by atoms with E-state index in [1.165, 1.54) is 14.2 Å². The maximum Gasteiger partial charge on any atom is 0.407 e. The van der Waals surface area contributed by atoms with Crippen LogP contribution in [0.5, 0.6) is 5.75 Å². The molecular weight excluding hydrogens is 841 g/mol. The molecule has 4 amide bonds. The van der Waals surface area contributed by atoms with Crippen molar-refractivity contribution in [2.45, 2.75) is 83.6 Å². The molecule has 6 N–H and O–H groups in total. The predicted molar refractivity (Wildman–Crippen MR) is 237 cm³/mol. The van der Waals surface area contributed by atoms with Crippen molar-refractivity contribution < 1.29 is 48.0 Å². The number of aliphatic hydroxyl groups excluding tert-OH is 2. The van der Waals surface area contributed by atoms with Crippen molar-refractivity contribution in [3.63, 3.8) is 0 Å². The Balaban J connectivity index is 1.14. The van der Waals surface area contributed by atoms with Gasteiger partial charge in [0.15, 0.2) is 5.76 Å². The number of H-pyrrole nitrogens is 2. The molecule has 346 valence electrons. The number of aromatic amines is 2. The number of benzene rings is 2. The summed E-state index contributed by atoms with van der Waals surface area (Å²) in [4.78, 5) is 85.1. The van der Waals surface area contributed by atoms with E-state index in [4.69, 9.17) is 18.6 Å². The Morgan fingerprint density at radius 2 is 1.28 bits per heavy atom. The molecule has 0 spiro atoms. The highest BCUT2D eigenvalue weighted by molar-refractivity contribution is 5.88. The van der Waals surface area contributed by atoms with Crippen LogP contribution in [0.25, 0.3) is 44.8 Å². The Bertz CT molecular complexity index is 2570. The molecule has 65 heavy (non-hydrogen) atoms. The molecule has 2 aliphatic heterocycles. The molecule has 2 aromatic carbocycles. The summed E-state index contributed by atoms with van der Waals surface area (Å²) in [7, 11) is 2.51. The monoisotopic (exact) mass is 896 g/mol. The third kappa shape index (κ3) is 9.85. The first-order chi connectivity index (χ1) is 31.2. The molecule has 5 atom stereocenters. The van der Waals surface area contributed by atoms with Crippen LogP contribution in [0.15, 0.2) is 64.1 Å². The lowest BCUT2D eigenvalue weighted by Gasteiger charge is -2.30. The quantitative estimate of drug-likeness (QED) is 0.0805. The number of aliphatic hydroxyl groups is 2. The number of hydrogen-bond acceptors (Lipinski definition) is 13. The zero-order valence-electron chi connectivity index (χ0n) is 37.3. The summed E-state index contributed by atoms with van der Waals surface area (Å²) in [6.45, 7) is 7.47. The number of ether oxygens (including phenoxy) is 3. The summed E-state index contributed by atoms with van der Waals surface area (Å²) in [6.07, 6.45) is 3.58. The summed E-state index contributed by atoms with van der Waals surface area (Å²) in [5.74, 6) is 0.337. The molecular formula is C46H56N8O11. The Hall–Kier alpha value is -6.73. The van der Waals surface area contributed by atoms with E-state index >= 15 is 0 Å². The fraction of sp³-hybridized carbons (Fsp3) is 0.457. The fourth-order valence-electron chi connectivity index (χ4n) is 8.39. The van der Waals surface area contributed by atoms with Gasteiger partial charge in [-0.15, -0.1) is 0 Å². The molecule has 1 unspecified atom stereocenters. The Kier molecular flexibility index (Phi) is 14.2. The van der Waals surface area contributed by atoms with Gasteiger partial charge >= 0.3 is 12.2 Å². The van der Waals surface area contributed by atoms with Gasteiger partial charge in [-0.3, -0.25) is 14.4 Å². The number of rotatable bonds is 15. The van der Waals surface area contributed by atoms with E-state index in [0.29, 0.717) is 60.1 Å². The first-order valence-corrected chi connectivity index (χ1v) is 21.8. The number of likely N-dealkylation sites (tertiary alicyclic amines) is 2. The number of hydrogen-bond donors (Lipinski definition) is 6. The number of aromatic nitrogens is 4. The van der Waals surface area contributed by atoms with E-state index in [1.54, 1.807) is 52.5 Å². The molecule has 2 saturated heterocycles. The number of alkyl carbamates (subject to hydrolysis) is 2. The van der Waals surface area contributed by atoms with Gasteiger partial charge in [-0.2, -0.15) is 0 Å². The van der Waals surface area contributed by atoms with Crippen molar-refractivity contribution >= 4 is 35.0 Å². The van der Waals surface area contributed by atoms with Crippen LogP contribution in [-0.2, 0) is 19.1 Å². The Morgan fingerprint density at radius 3 is 1.77 bits per heavy atom. The van der Waals surface area contributed by atoms with Crippen LogP contribution in [0.2, 0.25) is 0 Å². The molecule has 5 aromatic rings. The highest BCUT2D eigenvalue weighted by Crippen LogP contribution is 2.37. The first-order valence-electron chi connectivity index (χ1n) is 21.8. The maximum absolute atomic E-state index is 14.3. The Morgan fingerprint density at radius 1 is 0.785 bits per heavy atom. The van der Waals surface area contributed by atoms with Crippen molar-refractivity contribution in [1.29, 1.82) is 0 Å². The number of amides is 4. The van der Waals surface area contributed by atoms with Crippen LogP contribution in [0.3, 0.4) is 0 Å². The average Bonchev–Trinajstić information content (AvgIpc) is 4.16. The standard InChI is InChI=1S/C46H56N8O11/c1-24(2)36(51-45(60)62-5)43(58)53-17-7-9-33(53)41-47-20-31(49-41)26-11-13-27(14-12-26)39-40(64-23-29(56)22-55)38(57)30-19-28(15-16-35(30)65-39)32-21-48-42(50-32)34-10-8-18-54(34)44(59)37(25(3)4)52-46(61)63-6/h11-16,19-21,24-25,29,33-34,36-37,55-56H,7-10,17-18,22-23H2,1-6H3,(H,47,49)(H,48,50)(H,51,60)(H,52,61)/t29?,33-,34-,36-,37-/m0/s1.